The standard InChI is InChI=1S/C20H25N3O3.C9H10/c1-25-14-17-5-6-19(22-13-17)26-18-4-2-3-16(12-18)11-15-7-9-23(10-8-15)20(21)24;1-2-4-8(5-3-1)9-6-7-9/h2-3,5-6,11-13,18H,4,7-10,14H2,1H3,(H2,21,24);1-5,9H,6-7H2. The molecular weight excluding hydrogens is 438 g/mol. The molecule has 2 amide bonds. The van der Waals surface area contributed by atoms with Crippen LogP contribution in [0.5, 0.6) is 5.88 Å². The van der Waals surface area contributed by atoms with Gasteiger partial charge in [-0.3, -0.25) is 0 Å². The van der Waals surface area contributed by atoms with Crippen LogP contribution in [0.3, 0.4) is 0 Å². The van der Waals surface area contributed by atoms with Gasteiger partial charge in [-0.15, -0.1) is 0 Å². The smallest absolute Gasteiger partial charge is 0.314 e. The summed E-state index contributed by atoms with van der Waals surface area (Å²) in [6, 6.07) is 14.3. The number of pyridine rings is 1. The summed E-state index contributed by atoms with van der Waals surface area (Å²) >= 11 is 0. The molecule has 2 heterocycles. The zero-order chi connectivity index (χ0) is 24.5. The molecule has 2 aliphatic carbocycles. The molecule has 35 heavy (non-hydrogen) atoms. The number of rotatable bonds is 6. The van der Waals surface area contributed by atoms with Gasteiger partial charge in [0.05, 0.1) is 6.61 Å². The lowest BCUT2D eigenvalue weighted by atomic mass is 9.97. The van der Waals surface area contributed by atoms with Gasteiger partial charge in [-0.25, -0.2) is 9.78 Å². The number of amides is 2. The summed E-state index contributed by atoms with van der Waals surface area (Å²) in [6.07, 6.45) is 15.7. The summed E-state index contributed by atoms with van der Waals surface area (Å²) in [5, 5.41) is 0. The van der Waals surface area contributed by atoms with Crippen molar-refractivity contribution in [2.24, 2.45) is 5.73 Å². The molecular formula is C29H35N3O3. The maximum atomic E-state index is 11.2. The van der Waals surface area contributed by atoms with Gasteiger partial charge in [0.25, 0.3) is 0 Å². The number of hydrogen-bond donors (Lipinski definition) is 1. The number of aromatic nitrogens is 1. The van der Waals surface area contributed by atoms with E-state index in [4.69, 9.17) is 15.2 Å². The molecule has 0 bridgehead atoms. The Balaban J connectivity index is 0.000000266. The quantitative estimate of drug-likeness (QED) is 0.599. The molecule has 5 rings (SSSR count). The molecule has 2 N–H and O–H groups in total. The van der Waals surface area contributed by atoms with Crippen LogP contribution in [0.25, 0.3) is 0 Å². The largest absolute Gasteiger partial charge is 0.470 e. The molecule has 1 aliphatic heterocycles. The average Bonchev–Trinajstić information content (AvgIpc) is 3.73. The Bertz CT molecular complexity index is 1050. The molecule has 184 valence electrons. The number of piperidine rings is 1. The van der Waals surface area contributed by atoms with Crippen molar-refractivity contribution >= 4 is 6.03 Å². The molecule has 3 aliphatic rings. The van der Waals surface area contributed by atoms with Crippen LogP contribution in [-0.2, 0) is 11.3 Å². The van der Waals surface area contributed by atoms with E-state index < -0.39 is 0 Å². The molecule has 2 aromatic rings. The maximum Gasteiger partial charge on any atom is 0.314 e. The minimum atomic E-state index is -0.335. The van der Waals surface area contributed by atoms with Gasteiger partial charge in [0.15, 0.2) is 0 Å². The van der Waals surface area contributed by atoms with E-state index >= 15 is 0 Å². The van der Waals surface area contributed by atoms with E-state index in [-0.39, 0.29) is 12.1 Å². The first kappa shape index (κ1) is 24.7. The first-order valence-electron chi connectivity index (χ1n) is 12.4. The first-order valence-corrected chi connectivity index (χ1v) is 12.4. The Morgan fingerprint density at radius 2 is 1.91 bits per heavy atom. The van der Waals surface area contributed by atoms with E-state index in [1.807, 2.05) is 12.1 Å². The second-order valence-corrected chi connectivity index (χ2v) is 9.21. The second-order valence-electron chi connectivity index (χ2n) is 9.21. The number of hydrogen-bond acceptors (Lipinski definition) is 4. The number of benzene rings is 1. The van der Waals surface area contributed by atoms with Crippen molar-refractivity contribution in [2.75, 3.05) is 20.2 Å². The number of urea groups is 1. The van der Waals surface area contributed by atoms with Crippen LogP contribution in [0.2, 0.25) is 0 Å². The molecule has 1 unspecified atom stereocenters. The van der Waals surface area contributed by atoms with Gasteiger partial charge in [0.1, 0.15) is 6.10 Å². The number of ether oxygens (including phenoxy) is 2. The molecule has 6 heteroatoms. The summed E-state index contributed by atoms with van der Waals surface area (Å²) in [7, 11) is 1.66. The topological polar surface area (TPSA) is 77.7 Å². The summed E-state index contributed by atoms with van der Waals surface area (Å²) in [6.45, 7) is 1.93. The van der Waals surface area contributed by atoms with Crippen molar-refractivity contribution in [1.82, 2.24) is 9.88 Å². The molecule has 1 aromatic heterocycles. The van der Waals surface area contributed by atoms with Crippen LogP contribution in [-0.4, -0.2) is 42.2 Å². The number of allylic oxidation sites excluding steroid dienone is 3. The van der Waals surface area contributed by atoms with Gasteiger partial charge in [0, 0.05) is 38.9 Å². The molecule has 0 radical (unpaired) electrons. The van der Waals surface area contributed by atoms with Crippen molar-refractivity contribution in [3.8, 4) is 5.88 Å². The highest BCUT2D eigenvalue weighted by molar-refractivity contribution is 5.72. The van der Waals surface area contributed by atoms with E-state index in [1.54, 1.807) is 18.2 Å². The fourth-order valence-corrected chi connectivity index (χ4v) is 4.28. The van der Waals surface area contributed by atoms with Gasteiger partial charge in [-0.2, -0.15) is 0 Å². The third-order valence-electron chi connectivity index (χ3n) is 6.37. The maximum absolute atomic E-state index is 11.2. The van der Waals surface area contributed by atoms with E-state index in [2.05, 4.69) is 59.6 Å². The number of primary amides is 1. The van der Waals surface area contributed by atoms with E-state index in [0.29, 0.717) is 25.6 Å². The predicted molar refractivity (Wildman–Crippen MR) is 138 cm³/mol. The Hall–Kier alpha value is -3.38. The zero-order valence-corrected chi connectivity index (χ0v) is 20.4. The number of carbonyl (C=O) groups is 1. The number of methoxy groups -OCH3 is 1. The van der Waals surface area contributed by atoms with Crippen LogP contribution in [0.4, 0.5) is 4.79 Å². The number of likely N-dealkylation sites (tertiary alicyclic amines) is 1. The minimum absolute atomic E-state index is 0.0293. The monoisotopic (exact) mass is 473 g/mol. The van der Waals surface area contributed by atoms with Crippen LogP contribution < -0.4 is 10.5 Å². The summed E-state index contributed by atoms with van der Waals surface area (Å²) in [5.41, 5.74) is 10.3. The SMILES string of the molecule is COCc1ccc(OC2C=C(C=C3CCN(C(N)=O)CC3)C=CC2)nc1.c1ccc(C2CC2)cc1. The third-order valence-corrected chi connectivity index (χ3v) is 6.37. The fourth-order valence-electron chi connectivity index (χ4n) is 4.28. The Labute approximate surface area is 208 Å². The van der Waals surface area contributed by atoms with Crippen LogP contribution in [0, 0.1) is 0 Å². The second kappa shape index (κ2) is 12.4. The lowest BCUT2D eigenvalue weighted by Gasteiger charge is -2.27. The third kappa shape index (κ3) is 7.82. The number of nitrogens with zero attached hydrogens (tertiary/aromatic N) is 2. The Morgan fingerprint density at radius 3 is 2.54 bits per heavy atom. The number of carbonyl (C=O) groups excluding carboxylic acids is 1. The van der Waals surface area contributed by atoms with Gasteiger partial charge in [-0.05, 0) is 60.4 Å². The number of nitrogens with two attached hydrogens (primary N) is 1. The normalized spacial score (nSPS) is 19.3. The lowest BCUT2D eigenvalue weighted by Crippen LogP contribution is -2.39. The highest BCUT2D eigenvalue weighted by Crippen LogP contribution is 2.39. The summed E-state index contributed by atoms with van der Waals surface area (Å²) < 4.78 is 11.1. The molecule has 1 atom stereocenters. The van der Waals surface area contributed by atoms with Gasteiger partial charge in [-0.1, -0.05) is 54.1 Å². The van der Waals surface area contributed by atoms with Crippen molar-refractivity contribution in [3.05, 3.63) is 95.2 Å². The fraction of sp³-hybridized carbons (Fsp3) is 0.379. The van der Waals surface area contributed by atoms with E-state index in [0.717, 1.165) is 36.3 Å². The molecule has 6 nitrogen and oxygen atoms in total. The van der Waals surface area contributed by atoms with Crippen LogP contribution in [0.15, 0.2) is 84.1 Å². The minimum Gasteiger partial charge on any atom is -0.470 e. The molecule has 1 saturated carbocycles. The van der Waals surface area contributed by atoms with Gasteiger partial charge in [0.2, 0.25) is 5.88 Å². The van der Waals surface area contributed by atoms with Gasteiger partial charge < -0.3 is 20.1 Å². The lowest BCUT2D eigenvalue weighted by molar-refractivity contribution is 0.184. The average molecular weight is 474 g/mol. The summed E-state index contributed by atoms with van der Waals surface area (Å²) in [5.74, 6) is 1.52. The molecule has 0 spiro atoms. The Morgan fingerprint density at radius 1 is 1.14 bits per heavy atom. The highest BCUT2D eigenvalue weighted by atomic mass is 16.5. The van der Waals surface area contributed by atoms with E-state index in [9.17, 15) is 4.79 Å². The van der Waals surface area contributed by atoms with Gasteiger partial charge >= 0.3 is 6.03 Å². The first-order chi connectivity index (χ1) is 17.1. The molecule has 1 aromatic carbocycles. The molecule has 1 saturated heterocycles. The zero-order valence-electron chi connectivity index (χ0n) is 20.4. The van der Waals surface area contributed by atoms with Crippen molar-refractivity contribution in [2.45, 2.75) is 50.7 Å². The molecule has 2 fully saturated rings. The van der Waals surface area contributed by atoms with Crippen molar-refractivity contribution < 1.29 is 14.3 Å². The highest BCUT2D eigenvalue weighted by Gasteiger charge is 2.22. The van der Waals surface area contributed by atoms with Crippen LogP contribution >= 0.6 is 0 Å². The van der Waals surface area contributed by atoms with Crippen molar-refractivity contribution in [1.29, 1.82) is 0 Å². The van der Waals surface area contributed by atoms with Crippen molar-refractivity contribution in [3.63, 3.8) is 0 Å². The van der Waals surface area contributed by atoms with E-state index in [1.165, 1.54) is 24.0 Å². The predicted octanol–water partition coefficient (Wildman–Crippen LogP) is 5.53. The summed E-state index contributed by atoms with van der Waals surface area (Å²) in [4.78, 5) is 17.2. The van der Waals surface area contributed by atoms with Crippen LogP contribution in [0.1, 0.15) is 49.1 Å². The Kier molecular flexibility index (Phi) is 8.74.